The van der Waals surface area contributed by atoms with Gasteiger partial charge in [0.05, 0.1) is 6.54 Å². The lowest BCUT2D eigenvalue weighted by Crippen LogP contribution is -2.41. The summed E-state index contributed by atoms with van der Waals surface area (Å²) in [6.07, 6.45) is 5.95. The number of nitrogens with zero attached hydrogens (tertiary/aromatic N) is 1. The van der Waals surface area contributed by atoms with E-state index in [4.69, 9.17) is 14.5 Å². The zero-order valence-corrected chi connectivity index (χ0v) is 19.0. The van der Waals surface area contributed by atoms with E-state index in [1.54, 1.807) is 0 Å². The molecule has 5 nitrogen and oxygen atoms in total. The van der Waals surface area contributed by atoms with Gasteiger partial charge in [0.1, 0.15) is 0 Å². The maximum Gasteiger partial charge on any atom is 0.191 e. The quantitative estimate of drug-likeness (QED) is 0.204. The van der Waals surface area contributed by atoms with Crippen molar-refractivity contribution in [2.75, 3.05) is 51.8 Å². The number of thioether (sulfide) groups is 1. The van der Waals surface area contributed by atoms with E-state index in [1.165, 1.54) is 12.8 Å². The molecule has 25 heavy (non-hydrogen) atoms. The lowest BCUT2D eigenvalue weighted by atomic mass is 9.99. The Morgan fingerprint density at radius 1 is 1.24 bits per heavy atom. The molecule has 1 heterocycles. The second kappa shape index (κ2) is 13.4. The van der Waals surface area contributed by atoms with Gasteiger partial charge >= 0.3 is 0 Å². The molecule has 1 saturated carbocycles. The van der Waals surface area contributed by atoms with Crippen LogP contribution >= 0.6 is 35.7 Å². The predicted molar refractivity (Wildman–Crippen MR) is 118 cm³/mol. The van der Waals surface area contributed by atoms with Gasteiger partial charge in [0.15, 0.2) is 5.96 Å². The second-order valence-electron chi connectivity index (χ2n) is 6.72. The number of hydrogen-bond acceptors (Lipinski definition) is 4. The summed E-state index contributed by atoms with van der Waals surface area (Å²) in [5, 5.41) is 6.80. The molecule has 0 aromatic carbocycles. The van der Waals surface area contributed by atoms with Gasteiger partial charge < -0.3 is 20.1 Å². The fraction of sp³-hybridized carbons (Fsp3) is 0.944. The molecule has 0 aromatic heterocycles. The standard InChI is InChI=1S/C18H35N3O2S.HI/c1-3-19-17(20-10-5-11-23-14-16-6-7-16)21-15-18(24-4-2)8-12-22-13-9-18;/h16H,3-15H2,1-2H3,(H2,19,20,21);1H. The van der Waals surface area contributed by atoms with Gasteiger partial charge in [-0.05, 0) is 50.7 Å². The molecule has 2 N–H and O–H groups in total. The number of rotatable bonds is 11. The number of hydrogen-bond donors (Lipinski definition) is 2. The third kappa shape index (κ3) is 9.68. The first-order valence-electron chi connectivity index (χ1n) is 9.59. The smallest absolute Gasteiger partial charge is 0.191 e. The monoisotopic (exact) mass is 485 g/mol. The topological polar surface area (TPSA) is 54.9 Å². The molecule has 1 aliphatic carbocycles. The van der Waals surface area contributed by atoms with Crippen LogP contribution in [0.15, 0.2) is 4.99 Å². The summed E-state index contributed by atoms with van der Waals surface area (Å²) in [7, 11) is 0. The van der Waals surface area contributed by atoms with Crippen molar-refractivity contribution in [2.24, 2.45) is 10.9 Å². The minimum Gasteiger partial charge on any atom is -0.381 e. The van der Waals surface area contributed by atoms with Crippen molar-refractivity contribution < 1.29 is 9.47 Å². The molecule has 0 aromatic rings. The van der Waals surface area contributed by atoms with Crippen LogP contribution in [0.2, 0.25) is 0 Å². The summed E-state index contributed by atoms with van der Waals surface area (Å²) in [6.45, 7) is 10.5. The molecule has 148 valence electrons. The van der Waals surface area contributed by atoms with Gasteiger partial charge in [0.25, 0.3) is 0 Å². The summed E-state index contributed by atoms with van der Waals surface area (Å²) < 4.78 is 11.5. The minimum atomic E-state index is 0. The minimum absolute atomic E-state index is 0. The molecule has 0 atom stereocenters. The van der Waals surface area contributed by atoms with Crippen molar-refractivity contribution in [3.05, 3.63) is 0 Å². The van der Waals surface area contributed by atoms with Crippen molar-refractivity contribution in [3.8, 4) is 0 Å². The van der Waals surface area contributed by atoms with Crippen LogP contribution < -0.4 is 10.6 Å². The van der Waals surface area contributed by atoms with E-state index in [1.807, 2.05) is 11.8 Å². The fourth-order valence-electron chi connectivity index (χ4n) is 2.88. The Labute approximate surface area is 174 Å². The molecular weight excluding hydrogens is 449 g/mol. The SMILES string of the molecule is CCNC(=NCC1(SCC)CCOCC1)NCCCOCC1CC1.I. The Morgan fingerprint density at radius 2 is 2.00 bits per heavy atom. The van der Waals surface area contributed by atoms with Crippen LogP contribution in [-0.2, 0) is 9.47 Å². The normalized spacial score (nSPS) is 20.0. The van der Waals surface area contributed by atoms with Crippen LogP contribution in [0.3, 0.4) is 0 Å². The summed E-state index contributed by atoms with van der Waals surface area (Å²) in [5.74, 6) is 2.92. The Kier molecular flexibility index (Phi) is 12.5. The molecule has 0 unspecified atom stereocenters. The molecule has 0 amide bonds. The highest BCUT2D eigenvalue weighted by molar-refractivity contribution is 14.0. The number of ether oxygens (including phenoxy) is 2. The van der Waals surface area contributed by atoms with E-state index in [0.717, 1.165) is 83.0 Å². The number of halogens is 1. The van der Waals surface area contributed by atoms with Crippen LogP contribution in [0.25, 0.3) is 0 Å². The van der Waals surface area contributed by atoms with Crippen LogP contribution in [0.1, 0.15) is 46.0 Å². The average Bonchev–Trinajstić information content (AvgIpc) is 3.41. The largest absolute Gasteiger partial charge is 0.381 e. The van der Waals surface area contributed by atoms with Crippen molar-refractivity contribution in [2.45, 2.75) is 50.7 Å². The first-order chi connectivity index (χ1) is 11.8. The molecular formula is C18H36IN3O2S. The summed E-state index contributed by atoms with van der Waals surface area (Å²) in [4.78, 5) is 4.86. The van der Waals surface area contributed by atoms with Crippen molar-refractivity contribution in [3.63, 3.8) is 0 Å². The van der Waals surface area contributed by atoms with E-state index in [2.05, 4.69) is 24.5 Å². The Balaban J connectivity index is 0.00000312. The Morgan fingerprint density at radius 3 is 2.64 bits per heavy atom. The highest BCUT2D eigenvalue weighted by Crippen LogP contribution is 2.35. The second-order valence-corrected chi connectivity index (χ2v) is 8.45. The van der Waals surface area contributed by atoms with Gasteiger partial charge in [-0.15, -0.1) is 24.0 Å². The maximum atomic E-state index is 5.68. The van der Waals surface area contributed by atoms with Crippen molar-refractivity contribution in [1.29, 1.82) is 0 Å². The highest BCUT2D eigenvalue weighted by Gasteiger charge is 2.32. The number of nitrogens with one attached hydrogen (secondary N) is 2. The molecule has 1 aliphatic heterocycles. The van der Waals surface area contributed by atoms with Crippen LogP contribution in [0.4, 0.5) is 0 Å². The van der Waals surface area contributed by atoms with E-state index in [-0.39, 0.29) is 28.7 Å². The Hall–Kier alpha value is 0.270. The zero-order chi connectivity index (χ0) is 17.1. The van der Waals surface area contributed by atoms with Crippen LogP contribution in [0.5, 0.6) is 0 Å². The molecule has 0 spiro atoms. The summed E-state index contributed by atoms with van der Waals surface area (Å²) in [6, 6.07) is 0. The van der Waals surface area contributed by atoms with Crippen molar-refractivity contribution >= 4 is 41.7 Å². The summed E-state index contributed by atoms with van der Waals surface area (Å²) >= 11 is 2.04. The van der Waals surface area contributed by atoms with E-state index >= 15 is 0 Å². The third-order valence-corrected chi connectivity index (χ3v) is 5.97. The average molecular weight is 485 g/mol. The number of guanidine groups is 1. The lowest BCUT2D eigenvalue weighted by Gasteiger charge is -2.35. The molecule has 0 radical (unpaired) electrons. The fourth-order valence-corrected chi connectivity index (χ4v) is 4.10. The van der Waals surface area contributed by atoms with E-state index < -0.39 is 0 Å². The van der Waals surface area contributed by atoms with Gasteiger partial charge in [0, 0.05) is 44.3 Å². The molecule has 1 saturated heterocycles. The zero-order valence-electron chi connectivity index (χ0n) is 15.8. The first-order valence-corrected chi connectivity index (χ1v) is 10.6. The van der Waals surface area contributed by atoms with Gasteiger partial charge in [0.2, 0.25) is 0 Å². The Bertz CT molecular complexity index is 370. The molecule has 2 fully saturated rings. The molecule has 2 aliphatic rings. The van der Waals surface area contributed by atoms with Crippen LogP contribution in [-0.4, -0.2) is 62.5 Å². The lowest BCUT2D eigenvalue weighted by molar-refractivity contribution is 0.0793. The number of aliphatic imine (C=N–C) groups is 1. The molecule has 7 heteroatoms. The van der Waals surface area contributed by atoms with E-state index in [9.17, 15) is 0 Å². The van der Waals surface area contributed by atoms with Crippen molar-refractivity contribution in [1.82, 2.24) is 10.6 Å². The molecule has 2 rings (SSSR count). The third-order valence-electron chi connectivity index (χ3n) is 4.53. The maximum absolute atomic E-state index is 5.68. The van der Waals surface area contributed by atoms with Crippen LogP contribution in [0, 0.1) is 5.92 Å². The predicted octanol–water partition coefficient (Wildman–Crippen LogP) is 3.28. The highest BCUT2D eigenvalue weighted by atomic mass is 127. The van der Waals surface area contributed by atoms with E-state index in [0.29, 0.717) is 0 Å². The van der Waals surface area contributed by atoms with Gasteiger partial charge in [-0.2, -0.15) is 11.8 Å². The van der Waals surface area contributed by atoms with Gasteiger partial charge in [-0.3, -0.25) is 4.99 Å². The van der Waals surface area contributed by atoms with Gasteiger partial charge in [-0.1, -0.05) is 6.92 Å². The molecule has 0 bridgehead atoms. The summed E-state index contributed by atoms with van der Waals surface area (Å²) in [5.41, 5.74) is 0. The first kappa shape index (κ1) is 23.3. The van der Waals surface area contributed by atoms with Gasteiger partial charge in [-0.25, -0.2) is 0 Å².